The van der Waals surface area contributed by atoms with Gasteiger partial charge in [-0.2, -0.15) is 0 Å². The van der Waals surface area contributed by atoms with E-state index in [1.807, 2.05) is 44.2 Å². The Morgan fingerprint density at radius 3 is 2.30 bits per heavy atom. The third-order valence-electron chi connectivity index (χ3n) is 5.72. The average molecular weight is 410 g/mol. The SMILES string of the molecule is C=C[C@H](C)[C@@H](N[C@H](C)c1ccccc1)[C@H](OCc1ccccc1)[C@@H]1COC(C)(C)O1. The quantitative estimate of drug-likeness (QED) is 0.543. The van der Waals surface area contributed by atoms with Crippen LogP contribution in [0.2, 0.25) is 0 Å². The zero-order chi connectivity index (χ0) is 21.6. The van der Waals surface area contributed by atoms with E-state index < -0.39 is 5.79 Å². The summed E-state index contributed by atoms with van der Waals surface area (Å²) in [4.78, 5) is 0. The first-order valence-electron chi connectivity index (χ1n) is 10.8. The van der Waals surface area contributed by atoms with E-state index in [1.54, 1.807) is 0 Å². The van der Waals surface area contributed by atoms with Crippen LogP contribution in [-0.4, -0.2) is 30.6 Å². The van der Waals surface area contributed by atoms with Crippen molar-refractivity contribution in [3.8, 4) is 0 Å². The molecule has 1 aliphatic heterocycles. The molecule has 2 aromatic carbocycles. The Bertz CT molecular complexity index is 777. The second-order valence-corrected chi connectivity index (χ2v) is 8.55. The van der Waals surface area contributed by atoms with Crippen LogP contribution in [0, 0.1) is 5.92 Å². The lowest BCUT2D eigenvalue weighted by Gasteiger charge is -2.36. The van der Waals surface area contributed by atoms with Crippen molar-refractivity contribution in [2.75, 3.05) is 6.61 Å². The number of nitrogens with one attached hydrogen (secondary N) is 1. The van der Waals surface area contributed by atoms with Crippen molar-refractivity contribution >= 4 is 0 Å². The molecule has 162 valence electrons. The predicted octanol–water partition coefficient (Wildman–Crippen LogP) is 5.26. The standard InChI is InChI=1S/C26H35NO3/c1-6-19(2)24(27-20(3)22-15-11-8-12-16-22)25(23-18-29-26(4,5)30-23)28-17-21-13-9-7-10-14-21/h6-16,19-20,23-25,27H,1,17-18H2,2-5H3/t19-,20+,23-,24+,25+/m0/s1. The molecule has 1 N–H and O–H groups in total. The van der Waals surface area contributed by atoms with Crippen LogP contribution < -0.4 is 5.32 Å². The molecule has 30 heavy (non-hydrogen) atoms. The van der Waals surface area contributed by atoms with Crippen molar-refractivity contribution in [3.05, 3.63) is 84.4 Å². The first kappa shape index (κ1) is 22.7. The minimum atomic E-state index is -0.605. The topological polar surface area (TPSA) is 39.7 Å². The first-order chi connectivity index (χ1) is 14.4. The van der Waals surface area contributed by atoms with Gasteiger partial charge in [0.05, 0.1) is 13.2 Å². The van der Waals surface area contributed by atoms with Crippen LogP contribution in [0.4, 0.5) is 0 Å². The molecule has 0 radical (unpaired) electrons. The summed E-state index contributed by atoms with van der Waals surface area (Å²) in [5, 5.41) is 3.79. The normalized spacial score (nSPS) is 22.2. The maximum atomic E-state index is 6.51. The van der Waals surface area contributed by atoms with Gasteiger partial charge in [0.25, 0.3) is 0 Å². The van der Waals surface area contributed by atoms with Crippen LogP contribution in [0.5, 0.6) is 0 Å². The molecule has 0 saturated carbocycles. The van der Waals surface area contributed by atoms with Crippen molar-refractivity contribution in [2.24, 2.45) is 5.92 Å². The van der Waals surface area contributed by atoms with Crippen LogP contribution in [0.25, 0.3) is 0 Å². The van der Waals surface area contributed by atoms with Crippen LogP contribution in [0.15, 0.2) is 73.3 Å². The molecule has 0 aliphatic carbocycles. The minimum Gasteiger partial charge on any atom is -0.369 e. The van der Waals surface area contributed by atoms with Gasteiger partial charge in [0.1, 0.15) is 12.2 Å². The lowest BCUT2D eigenvalue weighted by atomic mass is 9.91. The highest BCUT2D eigenvalue weighted by Gasteiger charge is 2.42. The van der Waals surface area contributed by atoms with Gasteiger partial charge in [0.15, 0.2) is 5.79 Å². The molecular formula is C26H35NO3. The van der Waals surface area contributed by atoms with Gasteiger partial charge < -0.3 is 19.5 Å². The Hall–Kier alpha value is -1.98. The van der Waals surface area contributed by atoms with Crippen molar-refractivity contribution < 1.29 is 14.2 Å². The van der Waals surface area contributed by atoms with Crippen LogP contribution in [0.1, 0.15) is 44.9 Å². The Labute approximate surface area is 181 Å². The summed E-state index contributed by atoms with van der Waals surface area (Å²) in [5.41, 5.74) is 2.38. The lowest BCUT2D eigenvalue weighted by Crippen LogP contribution is -2.52. The Morgan fingerprint density at radius 2 is 1.73 bits per heavy atom. The van der Waals surface area contributed by atoms with Gasteiger partial charge in [0.2, 0.25) is 0 Å². The van der Waals surface area contributed by atoms with Gasteiger partial charge in [0, 0.05) is 12.1 Å². The highest BCUT2D eigenvalue weighted by atomic mass is 16.7. The van der Waals surface area contributed by atoms with Gasteiger partial charge in [-0.25, -0.2) is 0 Å². The van der Waals surface area contributed by atoms with E-state index in [2.05, 4.69) is 62.1 Å². The zero-order valence-corrected chi connectivity index (χ0v) is 18.6. The number of ether oxygens (including phenoxy) is 3. The van der Waals surface area contributed by atoms with E-state index in [0.29, 0.717) is 13.2 Å². The molecule has 4 heteroatoms. The minimum absolute atomic E-state index is 0.0175. The zero-order valence-electron chi connectivity index (χ0n) is 18.6. The van der Waals surface area contributed by atoms with Gasteiger partial charge in [-0.15, -0.1) is 6.58 Å². The second-order valence-electron chi connectivity index (χ2n) is 8.55. The van der Waals surface area contributed by atoms with Crippen molar-refractivity contribution in [1.29, 1.82) is 0 Å². The summed E-state index contributed by atoms with van der Waals surface area (Å²) in [6.07, 6.45) is 1.63. The fraction of sp³-hybridized carbons (Fsp3) is 0.462. The summed E-state index contributed by atoms with van der Waals surface area (Å²) in [7, 11) is 0. The number of hydrogen-bond acceptors (Lipinski definition) is 4. The van der Waals surface area contributed by atoms with E-state index in [9.17, 15) is 0 Å². The fourth-order valence-corrected chi connectivity index (χ4v) is 3.91. The monoisotopic (exact) mass is 409 g/mol. The smallest absolute Gasteiger partial charge is 0.163 e. The molecule has 0 spiro atoms. The number of hydrogen-bond donors (Lipinski definition) is 1. The third-order valence-corrected chi connectivity index (χ3v) is 5.72. The summed E-state index contributed by atoms with van der Waals surface area (Å²) < 4.78 is 18.6. The average Bonchev–Trinajstić information content (AvgIpc) is 3.13. The molecular weight excluding hydrogens is 374 g/mol. The highest BCUT2D eigenvalue weighted by molar-refractivity contribution is 5.19. The maximum absolute atomic E-state index is 6.51. The Balaban J connectivity index is 1.82. The molecule has 3 rings (SSSR count). The van der Waals surface area contributed by atoms with Gasteiger partial charge >= 0.3 is 0 Å². The summed E-state index contributed by atoms with van der Waals surface area (Å²) in [5.74, 6) is -0.421. The molecule has 0 aromatic heterocycles. The number of benzene rings is 2. The molecule has 2 aromatic rings. The molecule has 1 aliphatic rings. The maximum Gasteiger partial charge on any atom is 0.163 e. The second kappa shape index (κ2) is 10.4. The van der Waals surface area contributed by atoms with Crippen LogP contribution in [-0.2, 0) is 20.8 Å². The molecule has 4 nitrogen and oxygen atoms in total. The predicted molar refractivity (Wildman–Crippen MR) is 121 cm³/mol. The Morgan fingerprint density at radius 1 is 1.10 bits per heavy atom. The molecule has 1 saturated heterocycles. The highest BCUT2D eigenvalue weighted by Crippen LogP contribution is 2.30. The Kier molecular flexibility index (Phi) is 7.84. The van der Waals surface area contributed by atoms with Gasteiger partial charge in [-0.1, -0.05) is 73.7 Å². The molecule has 5 atom stereocenters. The fourth-order valence-electron chi connectivity index (χ4n) is 3.91. The molecule has 0 unspecified atom stereocenters. The summed E-state index contributed by atoms with van der Waals surface area (Å²) in [6.45, 7) is 13.3. The summed E-state index contributed by atoms with van der Waals surface area (Å²) in [6, 6.07) is 20.9. The molecule has 0 bridgehead atoms. The van der Waals surface area contributed by atoms with E-state index in [-0.39, 0.29) is 30.2 Å². The first-order valence-corrected chi connectivity index (χ1v) is 10.8. The molecule has 1 fully saturated rings. The molecule has 1 heterocycles. The van der Waals surface area contributed by atoms with Crippen molar-refractivity contribution in [1.82, 2.24) is 5.32 Å². The summed E-state index contributed by atoms with van der Waals surface area (Å²) >= 11 is 0. The van der Waals surface area contributed by atoms with E-state index in [0.717, 1.165) is 5.56 Å². The van der Waals surface area contributed by atoms with Gasteiger partial charge in [-0.05, 0) is 37.8 Å². The molecule has 0 amide bonds. The van der Waals surface area contributed by atoms with E-state index in [4.69, 9.17) is 14.2 Å². The van der Waals surface area contributed by atoms with E-state index >= 15 is 0 Å². The largest absolute Gasteiger partial charge is 0.369 e. The van der Waals surface area contributed by atoms with Crippen LogP contribution in [0.3, 0.4) is 0 Å². The van der Waals surface area contributed by atoms with E-state index in [1.165, 1.54) is 5.56 Å². The lowest BCUT2D eigenvalue weighted by molar-refractivity contribution is -0.163. The van der Waals surface area contributed by atoms with Gasteiger partial charge in [-0.3, -0.25) is 0 Å². The van der Waals surface area contributed by atoms with Crippen molar-refractivity contribution in [3.63, 3.8) is 0 Å². The third kappa shape index (κ3) is 6.02. The van der Waals surface area contributed by atoms with Crippen LogP contribution >= 0.6 is 0 Å². The number of rotatable bonds is 10. The van der Waals surface area contributed by atoms with Crippen molar-refractivity contribution in [2.45, 2.75) is 64.4 Å².